The van der Waals surface area contributed by atoms with Crippen molar-refractivity contribution in [3.05, 3.63) is 70.4 Å². The summed E-state index contributed by atoms with van der Waals surface area (Å²) in [5.41, 5.74) is 5.49. The average molecular weight is 320 g/mol. The summed E-state index contributed by atoms with van der Waals surface area (Å²) in [6.45, 7) is 4.07. The smallest absolute Gasteiger partial charge is 0.363 e. The molecule has 1 aliphatic rings. The van der Waals surface area contributed by atoms with Gasteiger partial charge in [0.25, 0.3) is 0 Å². The highest BCUT2D eigenvalue weighted by Gasteiger charge is 2.24. The molecule has 0 radical (unpaired) electrons. The Bertz CT molecular complexity index is 846. The Hall–Kier alpha value is -2.88. The average Bonchev–Trinajstić information content (AvgIpc) is 2.91. The lowest BCUT2D eigenvalue weighted by molar-refractivity contribution is -0.129. The van der Waals surface area contributed by atoms with Gasteiger partial charge in [0.05, 0.1) is 0 Å². The van der Waals surface area contributed by atoms with Gasteiger partial charge in [-0.05, 0) is 60.9 Å². The highest BCUT2D eigenvalue weighted by atomic mass is 16.6. The zero-order valence-electron chi connectivity index (χ0n) is 14.3. The van der Waals surface area contributed by atoms with Gasteiger partial charge in [-0.15, -0.1) is 0 Å². The number of benzene rings is 2. The first-order valence-electron chi connectivity index (χ1n) is 7.81. The molecule has 0 atom stereocenters. The number of hydrogen-bond donors (Lipinski definition) is 0. The second-order valence-electron chi connectivity index (χ2n) is 6.12. The van der Waals surface area contributed by atoms with Gasteiger partial charge in [0.2, 0.25) is 5.90 Å². The summed E-state index contributed by atoms with van der Waals surface area (Å²) in [6.07, 6.45) is 1.75. The molecule has 0 aromatic heterocycles. The lowest BCUT2D eigenvalue weighted by Gasteiger charge is -2.11. The number of esters is 1. The van der Waals surface area contributed by atoms with E-state index in [1.807, 2.05) is 75.3 Å². The molecule has 1 aliphatic heterocycles. The van der Waals surface area contributed by atoms with Crippen molar-refractivity contribution in [2.24, 2.45) is 4.99 Å². The molecule has 122 valence electrons. The summed E-state index contributed by atoms with van der Waals surface area (Å²) >= 11 is 0. The Morgan fingerprint density at radius 3 is 2.33 bits per heavy atom. The standard InChI is InChI=1S/C20H20N2O2/c1-13-5-8-16(11-14(13)2)19-21-18(20(23)24-19)12-15-6-9-17(10-7-15)22(3)4/h5-12H,1-4H3/b18-12+. The molecule has 0 unspecified atom stereocenters. The summed E-state index contributed by atoms with van der Waals surface area (Å²) < 4.78 is 5.32. The van der Waals surface area contributed by atoms with Gasteiger partial charge < -0.3 is 9.64 Å². The van der Waals surface area contributed by atoms with Gasteiger partial charge in [0, 0.05) is 25.3 Å². The van der Waals surface area contributed by atoms with E-state index in [9.17, 15) is 4.79 Å². The number of cyclic esters (lactones) is 1. The fourth-order valence-corrected chi connectivity index (χ4v) is 2.43. The van der Waals surface area contributed by atoms with E-state index in [1.165, 1.54) is 5.56 Å². The number of hydrogen-bond acceptors (Lipinski definition) is 4. The Kier molecular flexibility index (Phi) is 4.21. The van der Waals surface area contributed by atoms with Crippen LogP contribution >= 0.6 is 0 Å². The zero-order chi connectivity index (χ0) is 17.3. The molecule has 2 aromatic carbocycles. The third-order valence-electron chi connectivity index (χ3n) is 4.09. The van der Waals surface area contributed by atoms with Crippen molar-refractivity contribution in [1.82, 2.24) is 0 Å². The van der Waals surface area contributed by atoms with Gasteiger partial charge in [0.15, 0.2) is 5.70 Å². The molecule has 0 amide bonds. The molecule has 0 N–H and O–H groups in total. The van der Waals surface area contributed by atoms with Crippen LogP contribution in [-0.4, -0.2) is 26.0 Å². The highest BCUT2D eigenvalue weighted by molar-refractivity contribution is 6.12. The number of aryl methyl sites for hydroxylation is 2. The van der Waals surface area contributed by atoms with Crippen molar-refractivity contribution in [2.75, 3.05) is 19.0 Å². The third-order valence-corrected chi connectivity index (χ3v) is 4.09. The van der Waals surface area contributed by atoms with Crippen LogP contribution in [0.5, 0.6) is 0 Å². The molecule has 0 saturated heterocycles. The van der Waals surface area contributed by atoms with E-state index >= 15 is 0 Å². The van der Waals surface area contributed by atoms with Gasteiger partial charge in [-0.1, -0.05) is 18.2 Å². The number of anilines is 1. The van der Waals surface area contributed by atoms with Gasteiger partial charge in [-0.3, -0.25) is 0 Å². The predicted molar refractivity (Wildman–Crippen MR) is 97.3 cm³/mol. The molecular formula is C20H20N2O2. The summed E-state index contributed by atoms with van der Waals surface area (Å²) in [7, 11) is 3.98. The molecule has 2 aromatic rings. The first-order valence-corrected chi connectivity index (χ1v) is 7.81. The first kappa shape index (κ1) is 16.0. The maximum atomic E-state index is 12.1. The van der Waals surface area contributed by atoms with E-state index in [4.69, 9.17) is 4.74 Å². The molecule has 0 fully saturated rings. The molecule has 0 saturated carbocycles. The first-order chi connectivity index (χ1) is 11.4. The topological polar surface area (TPSA) is 41.9 Å². The molecule has 0 bridgehead atoms. The van der Waals surface area contributed by atoms with Crippen molar-refractivity contribution in [1.29, 1.82) is 0 Å². The molecule has 4 nitrogen and oxygen atoms in total. The van der Waals surface area contributed by atoms with Crippen LogP contribution in [0.4, 0.5) is 5.69 Å². The molecule has 0 spiro atoms. The summed E-state index contributed by atoms with van der Waals surface area (Å²) in [6, 6.07) is 13.8. The van der Waals surface area contributed by atoms with Crippen LogP contribution in [0.3, 0.4) is 0 Å². The van der Waals surface area contributed by atoms with E-state index in [0.29, 0.717) is 11.6 Å². The van der Waals surface area contributed by atoms with Crippen LogP contribution in [-0.2, 0) is 9.53 Å². The molecule has 3 rings (SSSR count). The van der Waals surface area contributed by atoms with Crippen LogP contribution in [0.15, 0.2) is 53.2 Å². The minimum absolute atomic E-state index is 0.320. The lowest BCUT2D eigenvalue weighted by Crippen LogP contribution is -2.08. The second-order valence-corrected chi connectivity index (χ2v) is 6.12. The molecular weight excluding hydrogens is 300 g/mol. The number of ether oxygens (including phenoxy) is 1. The lowest BCUT2D eigenvalue weighted by atomic mass is 10.1. The molecule has 24 heavy (non-hydrogen) atoms. The Labute approximate surface area is 142 Å². The van der Waals surface area contributed by atoms with Crippen molar-refractivity contribution in [2.45, 2.75) is 13.8 Å². The number of aliphatic imine (C=N–C) groups is 1. The number of nitrogens with zero attached hydrogens (tertiary/aromatic N) is 2. The van der Waals surface area contributed by atoms with Crippen molar-refractivity contribution >= 4 is 23.6 Å². The van der Waals surface area contributed by atoms with Gasteiger partial charge in [-0.2, -0.15) is 0 Å². The van der Waals surface area contributed by atoms with Crippen molar-refractivity contribution < 1.29 is 9.53 Å². The Morgan fingerprint density at radius 2 is 1.71 bits per heavy atom. The molecule has 0 aliphatic carbocycles. The molecule has 1 heterocycles. The summed E-state index contributed by atoms with van der Waals surface area (Å²) in [5.74, 6) is -0.0563. The van der Waals surface area contributed by atoms with E-state index in [-0.39, 0.29) is 0 Å². The van der Waals surface area contributed by atoms with Crippen LogP contribution in [0.1, 0.15) is 22.3 Å². The zero-order valence-corrected chi connectivity index (χ0v) is 14.3. The van der Waals surface area contributed by atoms with Crippen LogP contribution in [0.2, 0.25) is 0 Å². The molecule has 4 heteroatoms. The minimum atomic E-state index is -0.417. The van der Waals surface area contributed by atoms with Crippen LogP contribution < -0.4 is 4.90 Å². The summed E-state index contributed by atoms with van der Waals surface area (Å²) in [4.78, 5) is 18.5. The minimum Gasteiger partial charge on any atom is -0.402 e. The van der Waals surface area contributed by atoms with E-state index in [2.05, 4.69) is 4.99 Å². The quantitative estimate of drug-likeness (QED) is 0.639. The number of rotatable bonds is 3. The van der Waals surface area contributed by atoms with Gasteiger partial charge in [-0.25, -0.2) is 9.79 Å². The fraction of sp³-hybridized carbons (Fsp3) is 0.200. The SMILES string of the molecule is Cc1ccc(C2=N/C(=C/c3ccc(N(C)C)cc3)C(=O)O2)cc1C. The maximum absolute atomic E-state index is 12.1. The number of carbonyl (C=O) groups excluding carboxylic acids is 1. The number of carbonyl (C=O) groups is 1. The van der Waals surface area contributed by atoms with Gasteiger partial charge >= 0.3 is 5.97 Å². The van der Waals surface area contributed by atoms with E-state index < -0.39 is 5.97 Å². The maximum Gasteiger partial charge on any atom is 0.363 e. The Balaban J connectivity index is 1.89. The fourth-order valence-electron chi connectivity index (χ4n) is 2.43. The highest BCUT2D eigenvalue weighted by Crippen LogP contribution is 2.21. The van der Waals surface area contributed by atoms with E-state index in [1.54, 1.807) is 6.08 Å². The monoisotopic (exact) mass is 320 g/mol. The van der Waals surface area contributed by atoms with Crippen LogP contribution in [0.25, 0.3) is 6.08 Å². The van der Waals surface area contributed by atoms with E-state index in [0.717, 1.165) is 22.4 Å². The largest absolute Gasteiger partial charge is 0.402 e. The van der Waals surface area contributed by atoms with Crippen LogP contribution in [0, 0.1) is 13.8 Å². The van der Waals surface area contributed by atoms with Crippen molar-refractivity contribution in [3.8, 4) is 0 Å². The van der Waals surface area contributed by atoms with Crippen molar-refractivity contribution in [3.63, 3.8) is 0 Å². The second kappa shape index (κ2) is 6.32. The predicted octanol–water partition coefficient (Wildman–Crippen LogP) is 3.71. The third kappa shape index (κ3) is 3.23. The Morgan fingerprint density at radius 1 is 1.00 bits per heavy atom. The summed E-state index contributed by atoms with van der Waals surface area (Å²) in [5, 5.41) is 0. The van der Waals surface area contributed by atoms with Gasteiger partial charge in [0.1, 0.15) is 0 Å². The normalized spacial score (nSPS) is 15.4.